The smallest absolute Gasteiger partial charge is 0.270 e. The highest BCUT2D eigenvalue weighted by Crippen LogP contribution is 2.39. The molecule has 9 heteroatoms. The Bertz CT molecular complexity index is 1120. The van der Waals surface area contributed by atoms with E-state index < -0.39 is 4.92 Å². The molecule has 0 spiro atoms. The van der Waals surface area contributed by atoms with Crippen LogP contribution in [0.5, 0.6) is 5.75 Å². The third-order valence-electron chi connectivity index (χ3n) is 4.03. The number of pyridine rings is 1. The summed E-state index contributed by atoms with van der Waals surface area (Å²) < 4.78 is 6.73. The maximum absolute atomic E-state index is 11.1. The average Bonchev–Trinajstić information content (AvgIpc) is 2.67. The van der Waals surface area contributed by atoms with E-state index in [1.54, 1.807) is 25.3 Å². The minimum Gasteiger partial charge on any atom is -0.494 e. The number of hydrogen-bond acceptors (Lipinski definition) is 6. The Balaban J connectivity index is 2.24. The van der Waals surface area contributed by atoms with Gasteiger partial charge in [-0.25, -0.2) is 4.98 Å². The van der Waals surface area contributed by atoms with Crippen molar-refractivity contribution in [2.45, 2.75) is 0 Å². The number of nitro groups is 1. The van der Waals surface area contributed by atoms with Gasteiger partial charge in [-0.1, -0.05) is 12.1 Å². The van der Waals surface area contributed by atoms with Crippen LogP contribution in [0.15, 0.2) is 51.4 Å². The molecule has 0 saturated heterocycles. The molecule has 3 rings (SSSR count). The van der Waals surface area contributed by atoms with Crippen LogP contribution in [0.4, 0.5) is 11.5 Å². The fraction of sp³-hybridized carbons (Fsp3) is 0.0526. The maximum Gasteiger partial charge on any atom is 0.270 e. The van der Waals surface area contributed by atoms with Gasteiger partial charge in [-0.3, -0.25) is 10.1 Å². The van der Waals surface area contributed by atoms with Gasteiger partial charge in [0.1, 0.15) is 23.2 Å². The lowest BCUT2D eigenvalue weighted by atomic mass is 9.98. The van der Waals surface area contributed by atoms with Gasteiger partial charge in [-0.15, -0.1) is 0 Å². The lowest BCUT2D eigenvalue weighted by Gasteiger charge is -2.12. The van der Waals surface area contributed by atoms with Gasteiger partial charge in [-0.2, -0.15) is 5.26 Å². The summed E-state index contributed by atoms with van der Waals surface area (Å²) in [7, 11) is 1.56. The molecular formula is C19H12Br2N4O3. The third-order valence-corrected chi connectivity index (χ3v) is 5.20. The van der Waals surface area contributed by atoms with Crippen LogP contribution in [-0.2, 0) is 0 Å². The van der Waals surface area contributed by atoms with E-state index in [1.807, 2.05) is 18.2 Å². The van der Waals surface area contributed by atoms with Crippen molar-refractivity contribution in [2.24, 2.45) is 0 Å². The molecule has 0 saturated carbocycles. The van der Waals surface area contributed by atoms with Crippen LogP contribution < -0.4 is 10.5 Å². The number of nitrogens with two attached hydrogens (primary N) is 1. The quantitative estimate of drug-likeness (QED) is 0.381. The van der Waals surface area contributed by atoms with Crippen LogP contribution in [0.25, 0.3) is 22.4 Å². The minimum absolute atomic E-state index is 0.0459. The largest absolute Gasteiger partial charge is 0.494 e. The highest BCUT2D eigenvalue weighted by atomic mass is 79.9. The summed E-state index contributed by atoms with van der Waals surface area (Å²) in [6.07, 6.45) is 0. The fourth-order valence-corrected chi connectivity index (χ4v) is 4.26. The summed E-state index contributed by atoms with van der Waals surface area (Å²) in [6.45, 7) is 0. The molecule has 0 fully saturated rings. The number of halogens is 2. The van der Waals surface area contributed by atoms with Gasteiger partial charge < -0.3 is 10.5 Å². The predicted molar refractivity (Wildman–Crippen MR) is 113 cm³/mol. The summed E-state index contributed by atoms with van der Waals surface area (Å²) in [5.41, 5.74) is 8.33. The van der Waals surface area contributed by atoms with Crippen LogP contribution in [0.2, 0.25) is 0 Å². The van der Waals surface area contributed by atoms with Crippen molar-refractivity contribution in [3.05, 3.63) is 67.1 Å². The minimum atomic E-state index is -0.487. The van der Waals surface area contributed by atoms with Crippen LogP contribution in [0, 0.1) is 21.4 Å². The number of non-ortho nitro benzene ring substituents is 1. The summed E-state index contributed by atoms with van der Waals surface area (Å²) in [5.74, 6) is 0.675. The average molecular weight is 504 g/mol. The first kappa shape index (κ1) is 19.8. The molecule has 0 aliphatic rings. The molecule has 0 radical (unpaired) electrons. The highest BCUT2D eigenvalue weighted by molar-refractivity contribution is 9.11. The molecule has 140 valence electrons. The van der Waals surface area contributed by atoms with E-state index in [0.717, 1.165) is 5.56 Å². The number of nitro benzene ring substituents is 1. The van der Waals surface area contributed by atoms with Gasteiger partial charge >= 0.3 is 0 Å². The first-order valence-electron chi connectivity index (χ1n) is 7.84. The van der Waals surface area contributed by atoms with Gasteiger partial charge in [-0.05, 0) is 55.6 Å². The Morgan fingerprint density at radius 2 is 1.86 bits per heavy atom. The molecule has 0 amide bonds. The van der Waals surface area contributed by atoms with E-state index in [4.69, 9.17) is 10.5 Å². The molecule has 0 atom stereocenters. The van der Waals surface area contributed by atoms with Crippen molar-refractivity contribution < 1.29 is 9.66 Å². The third kappa shape index (κ3) is 3.69. The van der Waals surface area contributed by atoms with Crippen molar-refractivity contribution in [1.82, 2.24) is 4.98 Å². The number of rotatable bonds is 4. The second-order valence-corrected chi connectivity index (χ2v) is 7.42. The summed E-state index contributed by atoms with van der Waals surface area (Å²) >= 11 is 6.90. The number of aromatic nitrogens is 1. The highest BCUT2D eigenvalue weighted by Gasteiger charge is 2.17. The van der Waals surface area contributed by atoms with Crippen LogP contribution in [-0.4, -0.2) is 17.0 Å². The second kappa shape index (κ2) is 7.96. The molecule has 28 heavy (non-hydrogen) atoms. The molecule has 2 aromatic carbocycles. The van der Waals surface area contributed by atoms with E-state index in [1.165, 1.54) is 12.1 Å². The predicted octanol–water partition coefficient (Wildman–Crippen LogP) is 5.31. The molecule has 1 heterocycles. The number of nitrogen functional groups attached to an aromatic ring is 1. The molecule has 0 unspecified atom stereocenters. The van der Waals surface area contributed by atoms with Gasteiger partial charge in [0.25, 0.3) is 5.69 Å². The molecule has 0 aliphatic heterocycles. The van der Waals surface area contributed by atoms with Crippen LogP contribution in [0.1, 0.15) is 5.56 Å². The van der Waals surface area contributed by atoms with Gasteiger partial charge in [0, 0.05) is 23.3 Å². The monoisotopic (exact) mass is 502 g/mol. The van der Waals surface area contributed by atoms with Gasteiger partial charge in [0.15, 0.2) is 0 Å². The molecule has 7 nitrogen and oxygen atoms in total. The molecule has 3 aromatic rings. The van der Waals surface area contributed by atoms with E-state index in [9.17, 15) is 15.4 Å². The summed E-state index contributed by atoms with van der Waals surface area (Å²) in [4.78, 5) is 15.0. The van der Waals surface area contributed by atoms with Crippen molar-refractivity contribution in [3.8, 4) is 34.2 Å². The Hall–Kier alpha value is -2.96. The summed E-state index contributed by atoms with van der Waals surface area (Å²) in [6, 6.07) is 13.4. The lowest BCUT2D eigenvalue weighted by molar-refractivity contribution is -0.384. The van der Waals surface area contributed by atoms with Gasteiger partial charge in [0.05, 0.1) is 26.7 Å². The topological polar surface area (TPSA) is 115 Å². The molecule has 2 N–H and O–H groups in total. The zero-order valence-corrected chi connectivity index (χ0v) is 17.6. The number of anilines is 1. The van der Waals surface area contributed by atoms with Crippen molar-refractivity contribution in [2.75, 3.05) is 12.8 Å². The van der Waals surface area contributed by atoms with Crippen LogP contribution >= 0.6 is 31.9 Å². The summed E-state index contributed by atoms with van der Waals surface area (Å²) in [5, 5.41) is 20.6. The zero-order valence-electron chi connectivity index (χ0n) is 14.4. The Morgan fingerprint density at radius 3 is 2.43 bits per heavy atom. The van der Waals surface area contributed by atoms with Crippen molar-refractivity contribution in [3.63, 3.8) is 0 Å². The number of hydrogen-bond donors (Lipinski definition) is 1. The second-order valence-electron chi connectivity index (χ2n) is 5.71. The molecule has 0 aliphatic carbocycles. The fourth-order valence-electron chi connectivity index (χ4n) is 2.75. The SMILES string of the molecule is COc1c(Br)cc(-c2cc(-c3cccc([N+](=O)[O-])c3)c(C#N)c(N)n2)cc1Br. The number of methoxy groups -OCH3 is 1. The van der Waals surface area contributed by atoms with Crippen molar-refractivity contribution >= 4 is 43.4 Å². The maximum atomic E-state index is 11.1. The first-order chi connectivity index (χ1) is 13.3. The Kier molecular flexibility index (Phi) is 5.63. The molecule has 1 aromatic heterocycles. The number of nitrogens with zero attached hydrogens (tertiary/aromatic N) is 3. The zero-order chi connectivity index (χ0) is 20.4. The molecular weight excluding hydrogens is 492 g/mol. The van der Waals surface area contributed by atoms with Crippen molar-refractivity contribution in [1.29, 1.82) is 5.26 Å². The number of benzene rings is 2. The van der Waals surface area contributed by atoms with E-state index >= 15 is 0 Å². The Morgan fingerprint density at radius 1 is 1.18 bits per heavy atom. The lowest BCUT2D eigenvalue weighted by Crippen LogP contribution is -2.00. The van der Waals surface area contributed by atoms with Crippen LogP contribution in [0.3, 0.4) is 0 Å². The normalized spacial score (nSPS) is 10.4. The Labute approximate surface area is 177 Å². The standard InChI is InChI=1S/C19H12Br2N4O3/c1-28-18-15(20)6-11(7-16(18)21)17-8-13(14(9-22)19(23)24-17)10-3-2-4-12(5-10)25(26)27/h2-8H,1H3,(H2,23,24). The van der Waals surface area contributed by atoms with Gasteiger partial charge in [0.2, 0.25) is 0 Å². The molecule has 0 bridgehead atoms. The number of nitriles is 1. The first-order valence-corrected chi connectivity index (χ1v) is 9.43. The van der Waals surface area contributed by atoms with E-state index in [2.05, 4.69) is 36.8 Å². The van der Waals surface area contributed by atoms with E-state index in [-0.39, 0.29) is 17.1 Å². The van der Waals surface area contributed by atoms with E-state index in [0.29, 0.717) is 31.5 Å². The number of ether oxygens (including phenoxy) is 1.